The Morgan fingerprint density at radius 2 is 1.80 bits per heavy atom. The van der Waals surface area contributed by atoms with E-state index in [0.717, 1.165) is 17.5 Å². The third kappa shape index (κ3) is 9.99. The SMILES string of the molecule is N#CCCCCCCN(C[C@@H](O)[C@H](Cc1ccc(OCc2cccc(C#N)c2)cc1)NC(=O)OC1COC2OCCC12)S(=O)(=O)c1ccc2c(c1)OCO2. The number of rotatable bonds is 18. The fraction of sp³-hybridized carbons (Fsp3) is 0.462. The van der Waals surface area contributed by atoms with Gasteiger partial charge >= 0.3 is 6.09 Å². The Hall–Kier alpha value is -4.90. The first kappa shape index (κ1) is 38.8. The number of unbranched alkanes of at least 4 members (excludes halogenated alkanes) is 4. The van der Waals surface area contributed by atoms with E-state index in [1.807, 2.05) is 6.07 Å². The third-order valence-electron chi connectivity index (χ3n) is 9.67. The van der Waals surface area contributed by atoms with Gasteiger partial charge in [0.25, 0.3) is 0 Å². The average Bonchev–Trinajstić information content (AvgIpc) is 3.94. The normalized spacial score (nSPS) is 19.7. The molecule has 3 aliphatic heterocycles. The largest absolute Gasteiger partial charge is 0.489 e. The van der Waals surface area contributed by atoms with Gasteiger partial charge in [0, 0.05) is 25.6 Å². The predicted molar refractivity (Wildman–Crippen MR) is 193 cm³/mol. The first-order valence-electron chi connectivity index (χ1n) is 18.1. The smallest absolute Gasteiger partial charge is 0.407 e. The molecule has 2 N–H and O–H groups in total. The highest BCUT2D eigenvalue weighted by Crippen LogP contribution is 2.35. The second-order valence-corrected chi connectivity index (χ2v) is 15.4. The zero-order valence-electron chi connectivity index (χ0n) is 29.8. The van der Waals surface area contributed by atoms with Gasteiger partial charge in [-0.2, -0.15) is 14.8 Å². The number of nitriles is 2. The Balaban J connectivity index is 1.18. The van der Waals surface area contributed by atoms with Crippen molar-refractivity contribution in [2.45, 2.75) is 81.0 Å². The Kier molecular flexibility index (Phi) is 13.2. The molecule has 15 heteroatoms. The number of nitrogens with zero attached hydrogens (tertiary/aromatic N) is 3. The van der Waals surface area contributed by atoms with Gasteiger partial charge in [-0.15, -0.1) is 0 Å². The summed E-state index contributed by atoms with van der Waals surface area (Å²) in [6.45, 7) is 0.715. The van der Waals surface area contributed by atoms with Crippen LogP contribution in [-0.4, -0.2) is 81.6 Å². The van der Waals surface area contributed by atoms with Crippen molar-refractivity contribution in [3.8, 4) is 29.4 Å². The van der Waals surface area contributed by atoms with Crippen molar-refractivity contribution in [3.63, 3.8) is 0 Å². The van der Waals surface area contributed by atoms with Crippen molar-refractivity contribution in [2.75, 3.05) is 33.1 Å². The van der Waals surface area contributed by atoms with Crippen LogP contribution in [0.3, 0.4) is 0 Å². The molecular weight excluding hydrogens is 717 g/mol. The number of alkyl carbamates (subject to hydrolysis) is 1. The topological polar surface area (TPSA) is 190 Å². The quantitative estimate of drug-likeness (QED) is 0.169. The van der Waals surface area contributed by atoms with E-state index in [2.05, 4.69) is 17.5 Å². The maximum absolute atomic E-state index is 14.1. The van der Waals surface area contributed by atoms with Crippen LogP contribution in [0.2, 0.25) is 0 Å². The number of aliphatic hydroxyl groups excluding tert-OH is 1. The van der Waals surface area contributed by atoms with Crippen LogP contribution < -0.4 is 19.5 Å². The number of benzene rings is 3. The molecule has 0 bridgehead atoms. The number of fused-ring (bicyclic) bond motifs is 2. The monoisotopic (exact) mass is 760 g/mol. The summed E-state index contributed by atoms with van der Waals surface area (Å²) in [5, 5.41) is 32.7. The molecule has 3 heterocycles. The maximum Gasteiger partial charge on any atom is 0.407 e. The molecule has 3 aromatic carbocycles. The number of carbonyl (C=O) groups excluding carboxylic acids is 1. The summed E-state index contributed by atoms with van der Waals surface area (Å²) in [6, 6.07) is 22.0. The highest BCUT2D eigenvalue weighted by molar-refractivity contribution is 7.89. The van der Waals surface area contributed by atoms with Crippen LogP contribution in [0, 0.1) is 28.6 Å². The summed E-state index contributed by atoms with van der Waals surface area (Å²) in [4.78, 5) is 13.3. The van der Waals surface area contributed by atoms with E-state index in [-0.39, 0.29) is 50.3 Å². The summed E-state index contributed by atoms with van der Waals surface area (Å²) >= 11 is 0. The van der Waals surface area contributed by atoms with Crippen molar-refractivity contribution in [3.05, 3.63) is 83.4 Å². The van der Waals surface area contributed by atoms with Crippen LogP contribution in [-0.2, 0) is 37.3 Å². The summed E-state index contributed by atoms with van der Waals surface area (Å²) < 4.78 is 63.1. The highest BCUT2D eigenvalue weighted by atomic mass is 32.2. The predicted octanol–water partition coefficient (Wildman–Crippen LogP) is 4.79. The van der Waals surface area contributed by atoms with Crippen LogP contribution in [0.4, 0.5) is 4.79 Å². The molecule has 0 aromatic heterocycles. The molecule has 54 heavy (non-hydrogen) atoms. The molecule has 2 saturated heterocycles. The Morgan fingerprint density at radius 1 is 0.981 bits per heavy atom. The van der Waals surface area contributed by atoms with Crippen LogP contribution in [0.5, 0.6) is 17.2 Å². The lowest BCUT2D eigenvalue weighted by molar-refractivity contribution is -0.0907. The molecule has 3 unspecified atom stereocenters. The molecule has 0 saturated carbocycles. The molecule has 6 rings (SSSR count). The summed E-state index contributed by atoms with van der Waals surface area (Å²) in [5.74, 6) is 1.23. The second-order valence-electron chi connectivity index (χ2n) is 13.4. The van der Waals surface area contributed by atoms with Crippen LogP contribution in [0.25, 0.3) is 0 Å². The molecule has 0 spiro atoms. The van der Waals surface area contributed by atoms with E-state index in [0.29, 0.717) is 61.5 Å². The van der Waals surface area contributed by atoms with Gasteiger partial charge in [0.15, 0.2) is 17.8 Å². The van der Waals surface area contributed by atoms with E-state index in [9.17, 15) is 23.6 Å². The van der Waals surface area contributed by atoms with Crippen LogP contribution >= 0.6 is 0 Å². The van der Waals surface area contributed by atoms with Crippen molar-refractivity contribution >= 4 is 16.1 Å². The van der Waals surface area contributed by atoms with E-state index >= 15 is 0 Å². The molecule has 14 nitrogen and oxygen atoms in total. The van der Waals surface area contributed by atoms with Crippen molar-refractivity contribution in [1.29, 1.82) is 10.5 Å². The number of ether oxygens (including phenoxy) is 6. The number of sulfonamides is 1. The fourth-order valence-corrected chi connectivity index (χ4v) is 8.22. The van der Waals surface area contributed by atoms with Crippen molar-refractivity contribution in [2.24, 2.45) is 5.92 Å². The van der Waals surface area contributed by atoms with Gasteiger partial charge in [-0.3, -0.25) is 0 Å². The highest BCUT2D eigenvalue weighted by Gasteiger charge is 2.44. The minimum Gasteiger partial charge on any atom is -0.489 e. The zero-order chi connectivity index (χ0) is 37.9. The molecule has 1 amide bonds. The van der Waals surface area contributed by atoms with E-state index in [1.165, 1.54) is 22.5 Å². The average molecular weight is 761 g/mol. The summed E-state index contributed by atoms with van der Waals surface area (Å²) in [5.41, 5.74) is 2.13. The lowest BCUT2D eigenvalue weighted by Gasteiger charge is -2.30. The molecule has 2 fully saturated rings. The van der Waals surface area contributed by atoms with E-state index in [4.69, 9.17) is 33.7 Å². The number of nitrogens with one attached hydrogen (secondary N) is 1. The minimum atomic E-state index is -4.14. The molecular formula is C39H44N4O10S. The molecule has 0 radical (unpaired) electrons. The van der Waals surface area contributed by atoms with Gasteiger partial charge in [0.05, 0.1) is 53.9 Å². The summed E-state index contributed by atoms with van der Waals surface area (Å²) in [7, 11) is -4.14. The Labute approximate surface area is 315 Å². The fourth-order valence-electron chi connectivity index (χ4n) is 6.70. The Morgan fingerprint density at radius 3 is 2.61 bits per heavy atom. The van der Waals surface area contributed by atoms with E-state index in [1.54, 1.807) is 42.5 Å². The van der Waals surface area contributed by atoms with Gasteiger partial charge in [-0.1, -0.05) is 37.1 Å². The molecule has 3 aromatic rings. The lowest BCUT2D eigenvalue weighted by Crippen LogP contribution is -2.51. The lowest BCUT2D eigenvalue weighted by atomic mass is 10.0. The van der Waals surface area contributed by atoms with Gasteiger partial charge in [0.1, 0.15) is 18.5 Å². The van der Waals surface area contributed by atoms with Gasteiger partial charge in [-0.05, 0) is 73.2 Å². The van der Waals surface area contributed by atoms with Gasteiger partial charge < -0.3 is 38.8 Å². The zero-order valence-corrected chi connectivity index (χ0v) is 30.6. The Bertz CT molecular complexity index is 1930. The first-order valence-corrected chi connectivity index (χ1v) is 19.5. The van der Waals surface area contributed by atoms with Crippen LogP contribution in [0.1, 0.15) is 55.2 Å². The summed E-state index contributed by atoms with van der Waals surface area (Å²) in [6.07, 6.45) is 0.843. The number of amides is 1. The molecule has 0 aliphatic carbocycles. The standard InChI is InChI=1S/C39H44N4O10S/c40-16-4-2-1-3-5-17-43(54(46,47)31-13-14-35-36(21-31)52-26-51-35)23-34(44)33(42-39(45)53-37-25-50-38-32(37)15-18-48-38)20-27-9-11-30(12-10-27)49-24-29-8-6-7-28(19-29)22-41/h6-14,19,21,32-34,37-38,44H,1-5,15,17-18,20,23-26H2,(H,42,45)/t32?,33-,34+,37?,38?/m0/s1. The second kappa shape index (κ2) is 18.4. The first-order chi connectivity index (χ1) is 26.2. The van der Waals surface area contributed by atoms with Crippen molar-refractivity contribution in [1.82, 2.24) is 9.62 Å². The van der Waals surface area contributed by atoms with Crippen LogP contribution in [0.15, 0.2) is 71.6 Å². The maximum atomic E-state index is 14.1. The molecule has 3 aliphatic rings. The van der Waals surface area contributed by atoms with Crippen molar-refractivity contribution < 1.29 is 46.7 Å². The third-order valence-corrected chi connectivity index (χ3v) is 11.5. The number of aliphatic hydroxyl groups is 1. The number of hydrogen-bond acceptors (Lipinski definition) is 12. The van der Waals surface area contributed by atoms with E-state index < -0.39 is 40.7 Å². The number of carbonyl (C=O) groups is 1. The van der Waals surface area contributed by atoms with Gasteiger partial charge in [0.2, 0.25) is 16.8 Å². The molecule has 286 valence electrons. The molecule has 5 atom stereocenters. The minimum absolute atomic E-state index is 0.0157. The number of hydrogen-bond donors (Lipinski definition) is 2. The van der Waals surface area contributed by atoms with Gasteiger partial charge in [-0.25, -0.2) is 13.2 Å².